The average molecular weight is 680 g/mol. The van der Waals surface area contributed by atoms with E-state index in [1.165, 1.54) is 77.5 Å². The van der Waals surface area contributed by atoms with Crippen LogP contribution in [0, 0.1) is 0 Å². The Kier molecular flexibility index (Phi) is 6.94. The molecule has 10 rings (SSSR count). The van der Waals surface area contributed by atoms with Crippen molar-refractivity contribution in [3.63, 3.8) is 0 Å². The molecule has 0 aliphatic heterocycles. The van der Waals surface area contributed by atoms with Crippen molar-refractivity contribution >= 4 is 27.8 Å². The summed E-state index contributed by atoms with van der Waals surface area (Å²) in [5.74, 6) is 0. The summed E-state index contributed by atoms with van der Waals surface area (Å²) in [6.07, 6.45) is 0. The van der Waals surface area contributed by atoms with Gasteiger partial charge in [-0.3, -0.25) is 0 Å². The van der Waals surface area contributed by atoms with Crippen LogP contribution in [0.15, 0.2) is 176 Å². The van der Waals surface area contributed by atoms with Crippen LogP contribution in [0.5, 0.6) is 0 Å². The fourth-order valence-electron chi connectivity index (χ4n) is 9.24. The Morgan fingerprint density at radius 3 is 1.51 bits per heavy atom. The van der Waals surface area contributed by atoms with Crippen molar-refractivity contribution in [2.24, 2.45) is 0 Å². The van der Waals surface area contributed by atoms with E-state index < -0.39 is 0 Å². The van der Waals surface area contributed by atoms with Crippen molar-refractivity contribution in [3.05, 3.63) is 198 Å². The van der Waals surface area contributed by atoms with E-state index in [1.807, 2.05) is 0 Å². The topological polar surface area (TPSA) is 3.24 Å². The molecule has 1 nitrogen and oxygen atoms in total. The second-order valence-corrected chi connectivity index (χ2v) is 15.8. The zero-order chi connectivity index (χ0) is 35.9. The summed E-state index contributed by atoms with van der Waals surface area (Å²) in [7, 11) is 0. The summed E-state index contributed by atoms with van der Waals surface area (Å²) in [6, 6.07) is 65.3. The molecule has 2 aliphatic carbocycles. The predicted octanol–water partition coefficient (Wildman–Crippen LogP) is 14.3. The van der Waals surface area contributed by atoms with Crippen molar-refractivity contribution < 1.29 is 0 Å². The molecule has 0 spiro atoms. The van der Waals surface area contributed by atoms with Crippen LogP contribution in [-0.4, -0.2) is 0 Å². The van der Waals surface area contributed by atoms with Gasteiger partial charge in [0.1, 0.15) is 0 Å². The minimum absolute atomic E-state index is 0.0456. The van der Waals surface area contributed by atoms with Crippen molar-refractivity contribution in [3.8, 4) is 44.5 Å². The number of anilines is 3. The van der Waals surface area contributed by atoms with Crippen molar-refractivity contribution in [2.75, 3.05) is 4.90 Å². The number of nitrogens with zero attached hydrogens (tertiary/aromatic N) is 1. The fraction of sp³-hybridized carbons (Fsp3) is 0.115. The smallest absolute Gasteiger partial charge is 0.0468 e. The number of hydrogen-bond donors (Lipinski definition) is 0. The zero-order valence-corrected chi connectivity index (χ0v) is 30.7. The lowest BCUT2D eigenvalue weighted by Gasteiger charge is -2.29. The summed E-state index contributed by atoms with van der Waals surface area (Å²) < 4.78 is 0. The average Bonchev–Trinajstić information content (AvgIpc) is 3.56. The van der Waals surface area contributed by atoms with Crippen molar-refractivity contribution in [1.29, 1.82) is 0 Å². The Balaban J connectivity index is 1.13. The molecule has 0 unspecified atom stereocenters. The Bertz CT molecular complexity index is 2710. The Morgan fingerprint density at radius 1 is 0.302 bits per heavy atom. The molecule has 0 radical (unpaired) electrons. The van der Waals surface area contributed by atoms with Gasteiger partial charge in [-0.15, -0.1) is 0 Å². The highest BCUT2D eigenvalue weighted by atomic mass is 15.1. The molecule has 0 N–H and O–H groups in total. The highest BCUT2D eigenvalue weighted by Gasteiger charge is 2.38. The molecular weight excluding hydrogens is 639 g/mol. The van der Waals surface area contributed by atoms with Gasteiger partial charge in [0.25, 0.3) is 0 Å². The maximum Gasteiger partial charge on any atom is 0.0468 e. The molecule has 8 aromatic rings. The molecule has 0 bridgehead atoms. The van der Waals surface area contributed by atoms with Gasteiger partial charge in [-0.05, 0) is 126 Å². The van der Waals surface area contributed by atoms with E-state index in [4.69, 9.17) is 0 Å². The molecular formula is C52H41N. The van der Waals surface area contributed by atoms with E-state index in [1.54, 1.807) is 0 Å². The molecule has 0 aromatic heterocycles. The SMILES string of the molecule is CC1(C)c2ccccc2-c2cc(N(c3ccc(-c4ccccc4-c4ccccc4)cc3)c3ccc4c(c3)C(C)(C)c3cc5ccccc5cc3-4)ccc21. The Hall–Kier alpha value is -6.18. The van der Waals surface area contributed by atoms with Crippen LogP contribution >= 0.6 is 0 Å². The van der Waals surface area contributed by atoms with Gasteiger partial charge >= 0.3 is 0 Å². The second-order valence-electron chi connectivity index (χ2n) is 15.8. The fourth-order valence-corrected chi connectivity index (χ4v) is 9.24. The minimum Gasteiger partial charge on any atom is -0.310 e. The van der Waals surface area contributed by atoms with Crippen LogP contribution < -0.4 is 4.90 Å². The zero-order valence-electron chi connectivity index (χ0n) is 30.7. The van der Waals surface area contributed by atoms with E-state index >= 15 is 0 Å². The van der Waals surface area contributed by atoms with Crippen LogP contribution in [0.3, 0.4) is 0 Å². The standard InChI is InChI=1S/C52H41N/c1-51(2)47-21-13-12-20-43(47)46-32-39(27-29-48(46)51)53(38-24-22-35(23-25-38)42-19-11-10-18-41(42)34-14-6-5-7-15-34)40-26-28-44-45-30-36-16-8-9-17-37(36)31-49(45)52(3,4)50(44)33-40/h5-33H,1-4H3. The molecule has 1 heteroatoms. The van der Waals surface area contributed by atoms with Crippen molar-refractivity contribution in [2.45, 2.75) is 38.5 Å². The third-order valence-corrected chi connectivity index (χ3v) is 12.1. The quantitative estimate of drug-likeness (QED) is 0.175. The summed E-state index contributed by atoms with van der Waals surface area (Å²) in [5.41, 5.74) is 19.1. The first-order chi connectivity index (χ1) is 25.8. The van der Waals surface area contributed by atoms with Gasteiger partial charge in [0.2, 0.25) is 0 Å². The first kappa shape index (κ1) is 31.5. The first-order valence-corrected chi connectivity index (χ1v) is 18.8. The van der Waals surface area contributed by atoms with Crippen LogP contribution in [0.4, 0.5) is 17.1 Å². The van der Waals surface area contributed by atoms with Crippen LogP contribution in [0.2, 0.25) is 0 Å². The number of benzene rings is 8. The van der Waals surface area contributed by atoms with Gasteiger partial charge in [0.05, 0.1) is 0 Å². The predicted molar refractivity (Wildman–Crippen MR) is 225 cm³/mol. The van der Waals surface area contributed by atoms with Gasteiger partial charge in [0, 0.05) is 27.9 Å². The molecule has 0 atom stereocenters. The summed E-state index contributed by atoms with van der Waals surface area (Å²) in [5, 5.41) is 2.58. The van der Waals surface area contributed by atoms with Crippen LogP contribution in [-0.2, 0) is 10.8 Å². The summed E-state index contributed by atoms with van der Waals surface area (Å²) in [4.78, 5) is 2.46. The molecule has 2 aliphatic rings. The molecule has 53 heavy (non-hydrogen) atoms. The molecule has 254 valence electrons. The van der Waals surface area contributed by atoms with Crippen LogP contribution in [0.25, 0.3) is 55.3 Å². The number of rotatable bonds is 5. The van der Waals surface area contributed by atoms with E-state index in [9.17, 15) is 0 Å². The number of hydrogen-bond acceptors (Lipinski definition) is 1. The second kappa shape index (κ2) is 11.7. The maximum absolute atomic E-state index is 2.46. The highest BCUT2D eigenvalue weighted by Crippen LogP contribution is 2.53. The normalized spacial score (nSPS) is 14.3. The van der Waals surface area contributed by atoms with Gasteiger partial charge in [-0.2, -0.15) is 0 Å². The summed E-state index contributed by atoms with van der Waals surface area (Å²) >= 11 is 0. The molecule has 0 amide bonds. The van der Waals surface area contributed by atoms with Gasteiger partial charge in [-0.25, -0.2) is 0 Å². The van der Waals surface area contributed by atoms with Gasteiger partial charge < -0.3 is 4.90 Å². The van der Waals surface area contributed by atoms with E-state index in [2.05, 4.69) is 209 Å². The lowest BCUT2D eigenvalue weighted by molar-refractivity contribution is 0.660. The van der Waals surface area contributed by atoms with Gasteiger partial charge in [-0.1, -0.05) is 155 Å². The Morgan fingerprint density at radius 2 is 0.774 bits per heavy atom. The lowest BCUT2D eigenvalue weighted by atomic mass is 9.81. The van der Waals surface area contributed by atoms with E-state index in [0.29, 0.717) is 0 Å². The van der Waals surface area contributed by atoms with Gasteiger partial charge in [0.15, 0.2) is 0 Å². The van der Waals surface area contributed by atoms with Crippen molar-refractivity contribution in [1.82, 2.24) is 0 Å². The molecule has 0 saturated heterocycles. The monoisotopic (exact) mass is 679 g/mol. The third kappa shape index (κ3) is 4.84. The molecule has 0 fully saturated rings. The van der Waals surface area contributed by atoms with Crippen LogP contribution in [0.1, 0.15) is 49.9 Å². The number of fused-ring (bicyclic) bond motifs is 7. The minimum atomic E-state index is -0.137. The Labute approximate surface area is 312 Å². The third-order valence-electron chi connectivity index (χ3n) is 12.1. The van der Waals surface area contributed by atoms with E-state index in [0.717, 1.165) is 17.1 Å². The highest BCUT2D eigenvalue weighted by molar-refractivity contribution is 5.95. The maximum atomic E-state index is 2.46. The lowest BCUT2D eigenvalue weighted by Crippen LogP contribution is -2.17. The van der Waals surface area contributed by atoms with E-state index in [-0.39, 0.29) is 10.8 Å². The molecule has 8 aromatic carbocycles. The largest absolute Gasteiger partial charge is 0.310 e. The first-order valence-electron chi connectivity index (χ1n) is 18.8. The molecule has 0 saturated carbocycles. The summed E-state index contributed by atoms with van der Waals surface area (Å²) in [6.45, 7) is 9.47. The molecule has 0 heterocycles.